The second-order valence-corrected chi connectivity index (χ2v) is 6.13. The molecule has 0 amide bonds. The van der Waals surface area contributed by atoms with Gasteiger partial charge in [-0.2, -0.15) is 5.26 Å². The first-order chi connectivity index (χ1) is 12.7. The highest BCUT2D eigenvalue weighted by Gasteiger charge is 2.06. The normalized spacial score (nSPS) is 10.6. The zero-order valence-corrected chi connectivity index (χ0v) is 14.3. The summed E-state index contributed by atoms with van der Waals surface area (Å²) in [6, 6.07) is 19.8. The number of imidazole rings is 1. The minimum atomic E-state index is 0.567. The summed E-state index contributed by atoms with van der Waals surface area (Å²) >= 11 is 0. The number of H-pyrrole nitrogens is 1. The summed E-state index contributed by atoms with van der Waals surface area (Å²) in [5.41, 5.74) is 5.88. The van der Waals surface area contributed by atoms with Gasteiger partial charge in [0.2, 0.25) is 0 Å². The molecule has 2 aromatic heterocycles. The maximum Gasteiger partial charge on any atom is 0.126 e. The average molecular weight is 339 g/mol. The van der Waals surface area contributed by atoms with Gasteiger partial charge in [0.05, 0.1) is 29.2 Å². The molecule has 126 valence electrons. The molecule has 0 saturated carbocycles. The van der Waals surface area contributed by atoms with Gasteiger partial charge in [0.15, 0.2) is 0 Å². The van der Waals surface area contributed by atoms with Gasteiger partial charge in [-0.15, -0.1) is 0 Å². The predicted molar refractivity (Wildman–Crippen MR) is 103 cm³/mol. The highest BCUT2D eigenvalue weighted by molar-refractivity contribution is 5.75. The van der Waals surface area contributed by atoms with E-state index in [1.165, 1.54) is 0 Å². The fourth-order valence-corrected chi connectivity index (χ4v) is 3.02. The minimum Gasteiger partial charge on any atom is -0.363 e. The third-order valence-corrected chi connectivity index (χ3v) is 4.30. The molecule has 0 bridgehead atoms. The molecule has 0 atom stereocenters. The number of rotatable bonds is 4. The number of anilines is 1. The lowest BCUT2D eigenvalue weighted by Crippen LogP contribution is -2.03. The van der Waals surface area contributed by atoms with Gasteiger partial charge in [0.25, 0.3) is 0 Å². The number of hydrogen-bond donors (Lipinski definition) is 2. The molecule has 4 rings (SSSR count). The van der Waals surface area contributed by atoms with Gasteiger partial charge in [-0.05, 0) is 60.0 Å². The molecule has 5 heteroatoms. The van der Waals surface area contributed by atoms with Crippen molar-refractivity contribution in [1.29, 1.82) is 5.26 Å². The van der Waals surface area contributed by atoms with E-state index in [-0.39, 0.29) is 0 Å². The van der Waals surface area contributed by atoms with Crippen molar-refractivity contribution >= 4 is 16.9 Å². The van der Waals surface area contributed by atoms with Crippen molar-refractivity contribution in [2.24, 2.45) is 0 Å². The van der Waals surface area contributed by atoms with Crippen molar-refractivity contribution in [3.8, 4) is 17.2 Å². The second-order valence-electron chi connectivity index (χ2n) is 6.13. The molecule has 2 N–H and O–H groups in total. The molecule has 0 aliphatic carbocycles. The molecule has 0 aliphatic rings. The van der Waals surface area contributed by atoms with Gasteiger partial charge in [0, 0.05) is 6.20 Å². The van der Waals surface area contributed by atoms with E-state index in [4.69, 9.17) is 5.26 Å². The zero-order chi connectivity index (χ0) is 17.9. The van der Waals surface area contributed by atoms with Gasteiger partial charge in [-0.25, -0.2) is 9.97 Å². The summed E-state index contributed by atoms with van der Waals surface area (Å²) in [4.78, 5) is 12.3. The van der Waals surface area contributed by atoms with Crippen molar-refractivity contribution < 1.29 is 0 Å². The van der Waals surface area contributed by atoms with Crippen LogP contribution in [0, 0.1) is 18.3 Å². The summed E-state index contributed by atoms with van der Waals surface area (Å²) < 4.78 is 0. The molecule has 0 saturated heterocycles. The molecule has 5 nitrogen and oxygen atoms in total. The van der Waals surface area contributed by atoms with Crippen molar-refractivity contribution in [1.82, 2.24) is 15.0 Å². The van der Waals surface area contributed by atoms with Crippen LogP contribution in [-0.2, 0) is 6.54 Å². The third kappa shape index (κ3) is 3.13. The molecular weight excluding hydrogens is 322 g/mol. The largest absolute Gasteiger partial charge is 0.363 e. The summed E-state index contributed by atoms with van der Waals surface area (Å²) in [5, 5.41) is 12.3. The number of nitrogens with one attached hydrogen (secondary N) is 2. The van der Waals surface area contributed by atoms with E-state index < -0.39 is 0 Å². The average Bonchev–Trinajstić information content (AvgIpc) is 3.09. The molecule has 4 aromatic rings. The van der Waals surface area contributed by atoms with Crippen LogP contribution in [-0.4, -0.2) is 15.0 Å². The lowest BCUT2D eigenvalue weighted by atomic mass is 9.99. The van der Waals surface area contributed by atoms with Crippen LogP contribution >= 0.6 is 0 Å². The van der Waals surface area contributed by atoms with Gasteiger partial charge in [0.1, 0.15) is 11.6 Å². The van der Waals surface area contributed by atoms with Crippen LogP contribution in [0.15, 0.2) is 60.8 Å². The number of aryl methyl sites for hydroxylation is 1. The fourth-order valence-electron chi connectivity index (χ4n) is 3.02. The number of benzene rings is 2. The van der Waals surface area contributed by atoms with Crippen LogP contribution < -0.4 is 5.32 Å². The minimum absolute atomic E-state index is 0.567. The van der Waals surface area contributed by atoms with E-state index in [1.54, 1.807) is 6.20 Å². The van der Waals surface area contributed by atoms with Crippen molar-refractivity contribution in [2.75, 3.05) is 5.32 Å². The van der Waals surface area contributed by atoms with E-state index in [0.717, 1.165) is 39.4 Å². The Labute approximate surface area is 151 Å². The Morgan fingerprint density at radius 3 is 2.81 bits per heavy atom. The first-order valence-corrected chi connectivity index (χ1v) is 8.37. The summed E-state index contributed by atoms with van der Waals surface area (Å²) in [5.74, 6) is 1.65. The number of fused-ring (bicyclic) bond motifs is 1. The number of aromatic amines is 1. The summed E-state index contributed by atoms with van der Waals surface area (Å²) in [7, 11) is 0. The van der Waals surface area contributed by atoms with E-state index in [9.17, 15) is 0 Å². The van der Waals surface area contributed by atoms with Crippen LogP contribution in [0.5, 0.6) is 0 Å². The molecule has 2 heterocycles. The fraction of sp³-hybridized carbons (Fsp3) is 0.0952. The van der Waals surface area contributed by atoms with Gasteiger partial charge in [-0.1, -0.05) is 18.2 Å². The highest BCUT2D eigenvalue weighted by Crippen LogP contribution is 2.25. The lowest BCUT2D eigenvalue weighted by molar-refractivity contribution is 0.998. The smallest absolute Gasteiger partial charge is 0.126 e. The van der Waals surface area contributed by atoms with E-state index >= 15 is 0 Å². The molecule has 0 unspecified atom stereocenters. The van der Waals surface area contributed by atoms with Crippen LogP contribution in [0.1, 0.15) is 17.0 Å². The Hall–Kier alpha value is -3.65. The van der Waals surface area contributed by atoms with Gasteiger partial charge in [-0.3, -0.25) is 0 Å². The SMILES string of the molecule is Cc1cc(C#N)ccc1-c1ccnc(NCc2nc3ccccc3[nH]2)c1. The number of para-hydroxylation sites is 2. The van der Waals surface area contributed by atoms with E-state index in [1.807, 2.05) is 61.5 Å². The van der Waals surface area contributed by atoms with Crippen LogP contribution in [0.2, 0.25) is 0 Å². The number of nitrogens with zero attached hydrogens (tertiary/aromatic N) is 3. The number of pyridine rings is 1. The Morgan fingerprint density at radius 1 is 1.12 bits per heavy atom. The van der Waals surface area contributed by atoms with Gasteiger partial charge >= 0.3 is 0 Å². The Kier molecular flexibility index (Phi) is 4.08. The Bertz CT molecular complexity index is 1090. The highest BCUT2D eigenvalue weighted by atomic mass is 15.0. The zero-order valence-electron chi connectivity index (χ0n) is 14.3. The van der Waals surface area contributed by atoms with Crippen molar-refractivity contribution in [3.63, 3.8) is 0 Å². The maximum absolute atomic E-state index is 9.02. The second kappa shape index (κ2) is 6.69. The number of nitriles is 1. The van der Waals surface area contributed by atoms with Gasteiger partial charge < -0.3 is 10.3 Å². The lowest BCUT2D eigenvalue weighted by Gasteiger charge is -2.09. The van der Waals surface area contributed by atoms with Crippen molar-refractivity contribution in [2.45, 2.75) is 13.5 Å². The Morgan fingerprint density at radius 2 is 2.00 bits per heavy atom. The molecular formula is C21H17N5. The Balaban J connectivity index is 1.55. The van der Waals surface area contributed by atoms with Crippen LogP contribution in [0.3, 0.4) is 0 Å². The molecule has 0 radical (unpaired) electrons. The number of hydrogen-bond acceptors (Lipinski definition) is 4. The summed E-state index contributed by atoms with van der Waals surface area (Å²) in [6.45, 7) is 2.58. The molecule has 0 spiro atoms. The predicted octanol–water partition coefficient (Wildman–Crippen LogP) is 4.42. The van der Waals surface area contributed by atoms with E-state index in [0.29, 0.717) is 12.1 Å². The molecule has 0 fully saturated rings. The standard InChI is InChI=1S/C21H17N5/c1-14-10-15(12-22)6-7-17(14)16-8-9-23-20(11-16)24-13-21-25-18-4-2-3-5-19(18)26-21/h2-11H,13H2,1H3,(H,23,24)(H,25,26). The molecule has 0 aliphatic heterocycles. The molecule has 26 heavy (non-hydrogen) atoms. The third-order valence-electron chi connectivity index (χ3n) is 4.30. The molecule has 2 aromatic carbocycles. The van der Waals surface area contributed by atoms with Crippen LogP contribution in [0.25, 0.3) is 22.2 Å². The number of aromatic nitrogens is 3. The summed E-state index contributed by atoms with van der Waals surface area (Å²) in [6.07, 6.45) is 1.79. The first-order valence-electron chi connectivity index (χ1n) is 8.37. The van der Waals surface area contributed by atoms with E-state index in [2.05, 4.69) is 26.3 Å². The quantitative estimate of drug-likeness (QED) is 0.577. The topological polar surface area (TPSA) is 77.4 Å². The van der Waals surface area contributed by atoms with Crippen LogP contribution in [0.4, 0.5) is 5.82 Å². The maximum atomic E-state index is 9.02. The monoisotopic (exact) mass is 339 g/mol. The first kappa shape index (κ1) is 15.9. The van der Waals surface area contributed by atoms with Crippen molar-refractivity contribution in [3.05, 3.63) is 77.7 Å².